The van der Waals surface area contributed by atoms with Crippen molar-refractivity contribution < 1.29 is 9.59 Å². The van der Waals surface area contributed by atoms with Crippen LogP contribution < -0.4 is 5.73 Å². The SMILES string of the molecule is CCC1(C(N)=O)CCCN(C(=O)c2ccc3cc[nH]c3c2)C1. The van der Waals surface area contributed by atoms with Crippen LogP contribution in [0.5, 0.6) is 0 Å². The number of hydrogen-bond acceptors (Lipinski definition) is 2. The van der Waals surface area contributed by atoms with Crippen molar-refractivity contribution in [2.45, 2.75) is 26.2 Å². The average molecular weight is 299 g/mol. The molecule has 3 N–H and O–H groups in total. The minimum absolute atomic E-state index is 0.0322. The van der Waals surface area contributed by atoms with Gasteiger partial charge in [-0.2, -0.15) is 0 Å². The molecule has 2 amide bonds. The zero-order chi connectivity index (χ0) is 15.7. The second-order valence-corrected chi connectivity index (χ2v) is 6.11. The first kappa shape index (κ1) is 14.6. The summed E-state index contributed by atoms with van der Waals surface area (Å²) in [6, 6.07) is 7.61. The van der Waals surface area contributed by atoms with Crippen LogP contribution in [0.1, 0.15) is 36.5 Å². The van der Waals surface area contributed by atoms with Crippen LogP contribution in [0.15, 0.2) is 30.5 Å². The van der Waals surface area contributed by atoms with Gasteiger partial charge < -0.3 is 15.6 Å². The number of piperidine rings is 1. The van der Waals surface area contributed by atoms with Gasteiger partial charge in [0, 0.05) is 30.4 Å². The van der Waals surface area contributed by atoms with E-state index in [1.54, 1.807) is 4.90 Å². The molecule has 1 aromatic heterocycles. The number of amides is 2. The van der Waals surface area contributed by atoms with Gasteiger partial charge in [-0.15, -0.1) is 0 Å². The van der Waals surface area contributed by atoms with Crippen molar-refractivity contribution in [3.8, 4) is 0 Å². The molecule has 116 valence electrons. The van der Waals surface area contributed by atoms with Crippen LogP contribution in [-0.2, 0) is 4.79 Å². The number of fused-ring (bicyclic) bond motifs is 1. The van der Waals surface area contributed by atoms with Crippen molar-refractivity contribution in [2.75, 3.05) is 13.1 Å². The molecule has 5 heteroatoms. The lowest BCUT2D eigenvalue weighted by Crippen LogP contribution is -2.51. The molecule has 5 nitrogen and oxygen atoms in total. The van der Waals surface area contributed by atoms with Crippen LogP contribution in [-0.4, -0.2) is 34.8 Å². The van der Waals surface area contributed by atoms with Crippen molar-refractivity contribution in [1.82, 2.24) is 9.88 Å². The van der Waals surface area contributed by atoms with E-state index < -0.39 is 5.41 Å². The van der Waals surface area contributed by atoms with Crippen LogP contribution >= 0.6 is 0 Å². The van der Waals surface area contributed by atoms with E-state index in [1.165, 1.54) is 0 Å². The Balaban J connectivity index is 1.86. The Morgan fingerprint density at radius 2 is 2.18 bits per heavy atom. The molecular formula is C17H21N3O2. The zero-order valence-electron chi connectivity index (χ0n) is 12.8. The first-order valence-corrected chi connectivity index (χ1v) is 7.72. The van der Waals surface area contributed by atoms with E-state index >= 15 is 0 Å². The predicted molar refractivity (Wildman–Crippen MR) is 85.4 cm³/mol. The predicted octanol–water partition coefficient (Wildman–Crippen LogP) is 2.29. The molecule has 0 bridgehead atoms. The average Bonchev–Trinajstić information content (AvgIpc) is 3.01. The maximum atomic E-state index is 12.8. The number of hydrogen-bond donors (Lipinski definition) is 2. The zero-order valence-corrected chi connectivity index (χ0v) is 12.8. The molecule has 0 aliphatic carbocycles. The maximum Gasteiger partial charge on any atom is 0.253 e. The lowest BCUT2D eigenvalue weighted by Gasteiger charge is -2.40. The molecule has 1 unspecified atom stereocenters. The van der Waals surface area contributed by atoms with Crippen LogP contribution in [0.25, 0.3) is 10.9 Å². The minimum atomic E-state index is -0.579. The van der Waals surface area contributed by atoms with Crippen molar-refractivity contribution in [3.63, 3.8) is 0 Å². The molecule has 3 rings (SSSR count). The number of carbonyl (C=O) groups is 2. The van der Waals surface area contributed by atoms with Gasteiger partial charge in [0.15, 0.2) is 0 Å². The molecule has 1 atom stereocenters. The van der Waals surface area contributed by atoms with Gasteiger partial charge in [0.05, 0.1) is 5.41 Å². The standard InChI is InChI=1S/C17H21N3O2/c1-2-17(16(18)22)7-3-9-20(11-17)15(21)13-5-4-12-6-8-19-14(12)10-13/h4-6,8,10,19H,2-3,7,9,11H2,1H3,(H2,18,22). The van der Waals surface area contributed by atoms with E-state index in [-0.39, 0.29) is 11.8 Å². The Hall–Kier alpha value is -2.30. The number of nitrogens with two attached hydrogens (primary N) is 1. The summed E-state index contributed by atoms with van der Waals surface area (Å²) in [6.45, 7) is 3.06. The van der Waals surface area contributed by atoms with E-state index in [1.807, 2.05) is 37.4 Å². The van der Waals surface area contributed by atoms with E-state index in [4.69, 9.17) is 5.73 Å². The summed E-state index contributed by atoms with van der Waals surface area (Å²) in [6.07, 6.45) is 4.10. The fourth-order valence-electron chi connectivity index (χ4n) is 3.33. The molecule has 2 aromatic rings. The summed E-state index contributed by atoms with van der Waals surface area (Å²) in [7, 11) is 0. The molecule has 1 saturated heterocycles. The normalized spacial score (nSPS) is 22.0. The number of H-pyrrole nitrogens is 1. The number of nitrogens with zero attached hydrogens (tertiary/aromatic N) is 1. The van der Waals surface area contributed by atoms with Crippen molar-refractivity contribution >= 4 is 22.7 Å². The molecule has 2 heterocycles. The number of rotatable bonds is 3. The summed E-state index contributed by atoms with van der Waals surface area (Å²) in [4.78, 5) is 29.5. The third-order valence-corrected chi connectivity index (χ3v) is 4.87. The monoisotopic (exact) mass is 299 g/mol. The van der Waals surface area contributed by atoms with Crippen LogP contribution in [0.3, 0.4) is 0 Å². The molecule has 1 fully saturated rings. The lowest BCUT2D eigenvalue weighted by molar-refractivity contribution is -0.130. The molecule has 0 spiro atoms. The third-order valence-electron chi connectivity index (χ3n) is 4.87. The Morgan fingerprint density at radius 1 is 1.36 bits per heavy atom. The number of primary amides is 1. The van der Waals surface area contributed by atoms with Crippen molar-refractivity contribution in [1.29, 1.82) is 0 Å². The minimum Gasteiger partial charge on any atom is -0.369 e. The first-order chi connectivity index (χ1) is 10.6. The van der Waals surface area contributed by atoms with Gasteiger partial charge in [0.1, 0.15) is 0 Å². The maximum absolute atomic E-state index is 12.8. The quantitative estimate of drug-likeness (QED) is 0.912. The van der Waals surface area contributed by atoms with Gasteiger partial charge >= 0.3 is 0 Å². The van der Waals surface area contributed by atoms with Crippen LogP contribution in [0, 0.1) is 5.41 Å². The van der Waals surface area contributed by atoms with Crippen LogP contribution in [0.4, 0.5) is 0 Å². The highest BCUT2D eigenvalue weighted by molar-refractivity contribution is 5.98. The molecular weight excluding hydrogens is 278 g/mol. The Morgan fingerprint density at radius 3 is 2.91 bits per heavy atom. The van der Waals surface area contributed by atoms with Gasteiger partial charge in [-0.3, -0.25) is 9.59 Å². The highest BCUT2D eigenvalue weighted by Crippen LogP contribution is 2.33. The van der Waals surface area contributed by atoms with Gasteiger partial charge in [0.2, 0.25) is 5.91 Å². The lowest BCUT2D eigenvalue weighted by atomic mass is 9.77. The van der Waals surface area contributed by atoms with Gasteiger partial charge in [-0.1, -0.05) is 13.0 Å². The summed E-state index contributed by atoms with van der Waals surface area (Å²) in [5.74, 6) is -0.331. The van der Waals surface area contributed by atoms with Gasteiger partial charge in [-0.25, -0.2) is 0 Å². The number of aromatic nitrogens is 1. The Kier molecular flexibility index (Phi) is 3.64. The van der Waals surface area contributed by atoms with Crippen LogP contribution in [0.2, 0.25) is 0 Å². The summed E-state index contributed by atoms with van der Waals surface area (Å²) in [5.41, 5.74) is 6.60. The van der Waals surface area contributed by atoms with Crippen molar-refractivity contribution in [3.05, 3.63) is 36.0 Å². The second-order valence-electron chi connectivity index (χ2n) is 6.11. The number of benzene rings is 1. The number of nitrogens with one attached hydrogen (secondary N) is 1. The fraction of sp³-hybridized carbons (Fsp3) is 0.412. The second kappa shape index (κ2) is 5.48. The highest BCUT2D eigenvalue weighted by Gasteiger charge is 2.40. The van der Waals surface area contributed by atoms with Gasteiger partial charge in [-0.05, 0) is 42.8 Å². The first-order valence-electron chi connectivity index (χ1n) is 7.72. The smallest absolute Gasteiger partial charge is 0.253 e. The largest absolute Gasteiger partial charge is 0.369 e. The molecule has 22 heavy (non-hydrogen) atoms. The van der Waals surface area contributed by atoms with E-state index in [0.29, 0.717) is 25.1 Å². The fourth-order valence-corrected chi connectivity index (χ4v) is 3.33. The Labute approximate surface area is 129 Å². The number of likely N-dealkylation sites (tertiary alicyclic amines) is 1. The summed E-state index contributed by atoms with van der Waals surface area (Å²) >= 11 is 0. The summed E-state index contributed by atoms with van der Waals surface area (Å²) < 4.78 is 0. The third kappa shape index (κ3) is 2.36. The Bertz CT molecular complexity index is 722. The van der Waals surface area contributed by atoms with E-state index in [9.17, 15) is 9.59 Å². The van der Waals surface area contributed by atoms with Crippen molar-refractivity contribution in [2.24, 2.45) is 11.1 Å². The topological polar surface area (TPSA) is 79.2 Å². The van der Waals surface area contributed by atoms with Gasteiger partial charge in [0.25, 0.3) is 5.91 Å². The molecule has 0 radical (unpaired) electrons. The molecule has 0 saturated carbocycles. The highest BCUT2D eigenvalue weighted by atomic mass is 16.2. The van der Waals surface area contributed by atoms with E-state index in [2.05, 4.69) is 4.98 Å². The summed E-state index contributed by atoms with van der Waals surface area (Å²) in [5, 5.41) is 1.08. The number of aromatic amines is 1. The molecule has 1 aliphatic rings. The molecule has 1 aromatic carbocycles. The van der Waals surface area contributed by atoms with E-state index in [0.717, 1.165) is 23.7 Å². The number of carbonyl (C=O) groups excluding carboxylic acids is 2. The molecule has 1 aliphatic heterocycles.